The lowest BCUT2D eigenvalue weighted by Crippen LogP contribution is -2.53. The largest absolute Gasteiger partial charge is 0.480 e. The first-order valence-electron chi connectivity index (χ1n) is 9.89. The Labute approximate surface area is 182 Å². The Bertz CT molecular complexity index is 889. The van der Waals surface area contributed by atoms with Gasteiger partial charge in [-0.1, -0.05) is 30.3 Å². The van der Waals surface area contributed by atoms with Gasteiger partial charge in [0.2, 0.25) is 15.9 Å². The van der Waals surface area contributed by atoms with E-state index >= 15 is 0 Å². The van der Waals surface area contributed by atoms with Gasteiger partial charge >= 0.3 is 12.1 Å². The number of nitrogens with one attached hydrogen (secondary N) is 1. The highest BCUT2D eigenvalue weighted by Gasteiger charge is 2.31. The molecule has 2 N–H and O–H groups in total. The smallest absolute Gasteiger partial charge is 0.410 e. The number of nitrogens with zero attached hydrogens (tertiary/aromatic N) is 2. The highest BCUT2D eigenvalue weighted by Crippen LogP contribution is 2.13. The van der Waals surface area contributed by atoms with Gasteiger partial charge in [0, 0.05) is 26.2 Å². The van der Waals surface area contributed by atoms with Gasteiger partial charge in [0.05, 0.1) is 12.2 Å². The molecule has 0 radical (unpaired) electrons. The van der Waals surface area contributed by atoms with Crippen molar-refractivity contribution in [1.29, 1.82) is 0 Å². The fourth-order valence-corrected chi connectivity index (χ4v) is 4.33. The second kappa shape index (κ2) is 10.1. The third-order valence-corrected chi connectivity index (χ3v) is 5.84. The van der Waals surface area contributed by atoms with Crippen molar-refractivity contribution in [2.45, 2.75) is 44.6 Å². The van der Waals surface area contributed by atoms with Gasteiger partial charge in [0.1, 0.15) is 11.6 Å². The molecule has 0 bridgehead atoms. The van der Waals surface area contributed by atoms with Crippen LogP contribution in [0.1, 0.15) is 32.8 Å². The molecule has 2 amide bonds. The van der Waals surface area contributed by atoms with Gasteiger partial charge in [-0.3, -0.25) is 9.59 Å². The summed E-state index contributed by atoms with van der Waals surface area (Å²) in [5.41, 5.74) is -0.126. The van der Waals surface area contributed by atoms with Crippen molar-refractivity contribution in [2.24, 2.45) is 0 Å². The molecule has 1 aromatic rings. The summed E-state index contributed by atoms with van der Waals surface area (Å²) in [5.74, 6) is -2.32. The number of rotatable bonds is 7. The Hall–Kier alpha value is -2.66. The van der Waals surface area contributed by atoms with Gasteiger partial charge in [-0.15, -0.1) is 0 Å². The number of benzene rings is 1. The summed E-state index contributed by atoms with van der Waals surface area (Å²) in [6.07, 6.45) is -0.993. The van der Waals surface area contributed by atoms with Crippen LogP contribution in [-0.4, -0.2) is 79.1 Å². The lowest BCUT2D eigenvalue weighted by Gasteiger charge is -2.36. The molecule has 0 aromatic heterocycles. The highest BCUT2D eigenvalue weighted by molar-refractivity contribution is 7.88. The highest BCUT2D eigenvalue weighted by atomic mass is 32.2. The average Bonchev–Trinajstić information content (AvgIpc) is 2.66. The van der Waals surface area contributed by atoms with Crippen LogP contribution in [0.15, 0.2) is 30.3 Å². The average molecular weight is 456 g/mol. The summed E-state index contributed by atoms with van der Waals surface area (Å²) in [7, 11) is -3.96. The number of carboxylic acid groups (broad SMARTS) is 1. The monoisotopic (exact) mass is 455 g/mol. The minimum Gasteiger partial charge on any atom is -0.480 e. The van der Waals surface area contributed by atoms with Crippen molar-refractivity contribution in [3.63, 3.8) is 0 Å². The lowest BCUT2D eigenvalue weighted by atomic mass is 10.2. The summed E-state index contributed by atoms with van der Waals surface area (Å²) in [5, 5.41) is 9.41. The number of aliphatic carboxylic acids is 1. The van der Waals surface area contributed by atoms with Crippen molar-refractivity contribution in [2.75, 3.05) is 26.2 Å². The maximum Gasteiger partial charge on any atom is 0.410 e. The van der Waals surface area contributed by atoms with E-state index in [1.165, 1.54) is 9.80 Å². The van der Waals surface area contributed by atoms with Crippen molar-refractivity contribution in [1.82, 2.24) is 14.5 Å². The second-order valence-electron chi connectivity index (χ2n) is 8.31. The first-order chi connectivity index (χ1) is 14.4. The van der Waals surface area contributed by atoms with E-state index in [0.717, 1.165) is 0 Å². The molecular formula is C20H29N3O7S. The summed E-state index contributed by atoms with van der Waals surface area (Å²) < 4.78 is 32.1. The van der Waals surface area contributed by atoms with Crippen LogP contribution < -0.4 is 4.72 Å². The van der Waals surface area contributed by atoms with E-state index in [1.807, 2.05) is 0 Å². The SMILES string of the molecule is CC(C)(C)OC(=O)N1CCN(C(=O)CC(NS(=O)(=O)Cc2ccccc2)C(=O)O)CC1. The lowest BCUT2D eigenvalue weighted by molar-refractivity contribution is -0.143. The number of carboxylic acids is 1. The van der Waals surface area contributed by atoms with Crippen LogP contribution in [0, 0.1) is 0 Å². The minimum absolute atomic E-state index is 0.210. The third-order valence-electron chi connectivity index (χ3n) is 4.48. The molecular weight excluding hydrogens is 426 g/mol. The zero-order valence-corrected chi connectivity index (χ0v) is 18.7. The van der Waals surface area contributed by atoms with Gasteiger partial charge in [-0.2, -0.15) is 0 Å². The van der Waals surface area contributed by atoms with Crippen molar-refractivity contribution in [3.8, 4) is 0 Å². The zero-order chi connectivity index (χ0) is 23.2. The van der Waals surface area contributed by atoms with Crippen LogP contribution in [0.2, 0.25) is 0 Å². The molecule has 0 spiro atoms. The maximum atomic E-state index is 12.6. The Balaban J connectivity index is 1.91. The van der Waals surface area contributed by atoms with E-state index in [2.05, 4.69) is 4.72 Å². The number of ether oxygens (including phenoxy) is 1. The first kappa shape index (κ1) is 24.6. The van der Waals surface area contributed by atoms with Crippen LogP contribution in [-0.2, 0) is 30.1 Å². The van der Waals surface area contributed by atoms with Gasteiger partial charge < -0.3 is 19.6 Å². The summed E-state index contributed by atoms with van der Waals surface area (Å²) in [6.45, 7) is 6.19. The summed E-state index contributed by atoms with van der Waals surface area (Å²) >= 11 is 0. The molecule has 0 aliphatic carbocycles. The molecule has 1 aliphatic rings. The number of hydrogen-bond donors (Lipinski definition) is 2. The number of piperazine rings is 1. The quantitative estimate of drug-likeness (QED) is 0.627. The molecule has 1 saturated heterocycles. The normalized spacial score (nSPS) is 16.0. The zero-order valence-electron chi connectivity index (χ0n) is 17.9. The number of carbonyl (C=O) groups excluding carboxylic acids is 2. The van der Waals surface area contributed by atoms with E-state index in [1.54, 1.807) is 51.1 Å². The Morgan fingerprint density at radius 1 is 1.06 bits per heavy atom. The van der Waals surface area contributed by atoms with Crippen molar-refractivity contribution < 1.29 is 32.6 Å². The molecule has 1 atom stereocenters. The standard InChI is InChI=1S/C20H29N3O7S/c1-20(2,3)30-19(27)23-11-9-22(10-12-23)17(24)13-16(18(25)26)21-31(28,29)14-15-7-5-4-6-8-15/h4-8,16,21H,9-14H2,1-3H3,(H,25,26). The number of carbonyl (C=O) groups is 3. The van der Waals surface area contributed by atoms with E-state index in [9.17, 15) is 27.9 Å². The van der Waals surface area contributed by atoms with E-state index in [0.29, 0.717) is 5.56 Å². The molecule has 10 nitrogen and oxygen atoms in total. The van der Waals surface area contributed by atoms with Gasteiger partial charge in [0.15, 0.2) is 0 Å². The number of hydrogen-bond acceptors (Lipinski definition) is 6. The molecule has 1 heterocycles. The van der Waals surface area contributed by atoms with Crippen LogP contribution >= 0.6 is 0 Å². The molecule has 172 valence electrons. The summed E-state index contributed by atoms with van der Waals surface area (Å²) in [4.78, 5) is 39.1. The Morgan fingerprint density at radius 2 is 1.61 bits per heavy atom. The summed E-state index contributed by atoms with van der Waals surface area (Å²) in [6, 6.07) is 6.75. The molecule has 1 aliphatic heterocycles. The number of amides is 2. The number of sulfonamides is 1. The van der Waals surface area contributed by atoms with E-state index in [-0.39, 0.29) is 31.9 Å². The van der Waals surface area contributed by atoms with Gasteiger partial charge in [-0.05, 0) is 26.3 Å². The molecule has 0 saturated carbocycles. The third kappa shape index (κ3) is 8.18. The molecule has 1 aromatic carbocycles. The Kier molecular flexibility index (Phi) is 8.02. The van der Waals surface area contributed by atoms with Crippen LogP contribution in [0.4, 0.5) is 4.79 Å². The van der Waals surface area contributed by atoms with Crippen molar-refractivity contribution >= 4 is 28.0 Å². The molecule has 1 fully saturated rings. The molecule has 11 heteroatoms. The van der Waals surface area contributed by atoms with E-state index < -0.39 is 46.1 Å². The first-order valence-corrected chi connectivity index (χ1v) is 11.5. The van der Waals surface area contributed by atoms with Crippen molar-refractivity contribution in [3.05, 3.63) is 35.9 Å². The van der Waals surface area contributed by atoms with Crippen LogP contribution in [0.3, 0.4) is 0 Å². The minimum atomic E-state index is -3.96. The van der Waals surface area contributed by atoms with Gasteiger partial charge in [-0.25, -0.2) is 17.9 Å². The predicted molar refractivity (Wildman–Crippen MR) is 113 cm³/mol. The topological polar surface area (TPSA) is 133 Å². The van der Waals surface area contributed by atoms with Crippen LogP contribution in [0.5, 0.6) is 0 Å². The maximum absolute atomic E-state index is 12.6. The van der Waals surface area contributed by atoms with E-state index in [4.69, 9.17) is 4.74 Å². The predicted octanol–water partition coefficient (Wildman–Crippen LogP) is 1.03. The van der Waals surface area contributed by atoms with Crippen LogP contribution in [0.25, 0.3) is 0 Å². The van der Waals surface area contributed by atoms with Gasteiger partial charge in [0.25, 0.3) is 0 Å². The molecule has 1 unspecified atom stereocenters. The second-order valence-corrected chi connectivity index (χ2v) is 10.1. The molecule has 31 heavy (non-hydrogen) atoms. The molecule has 2 rings (SSSR count). The fourth-order valence-electron chi connectivity index (χ4n) is 3.00. The Morgan fingerprint density at radius 3 is 2.13 bits per heavy atom. The fraction of sp³-hybridized carbons (Fsp3) is 0.550.